The molecule has 0 aromatic heterocycles. The first-order valence-corrected chi connectivity index (χ1v) is 6.98. The number of hydrogen-bond acceptors (Lipinski definition) is 1. The Morgan fingerprint density at radius 1 is 1.07 bits per heavy atom. The van der Waals surface area contributed by atoms with E-state index in [4.69, 9.17) is 4.74 Å². The van der Waals surface area contributed by atoms with Crippen molar-refractivity contribution in [3.05, 3.63) is 0 Å². The lowest BCUT2D eigenvalue weighted by molar-refractivity contribution is -0.0251. The van der Waals surface area contributed by atoms with Gasteiger partial charge in [-0.05, 0) is 26.2 Å². The van der Waals surface area contributed by atoms with Crippen molar-refractivity contribution in [2.24, 2.45) is 0 Å². The molecule has 1 rings (SSSR count). The molecule has 1 aliphatic rings. The van der Waals surface area contributed by atoms with Gasteiger partial charge in [0.15, 0.2) is 0 Å². The Kier molecular flexibility index (Phi) is 7.08. The quantitative estimate of drug-likeness (QED) is 0.556. The average Bonchev–Trinajstić information content (AvgIpc) is 2.26. The Morgan fingerprint density at radius 2 is 1.80 bits per heavy atom. The monoisotopic (exact) mass is 212 g/mol. The summed E-state index contributed by atoms with van der Waals surface area (Å²) in [6.45, 7) is 4.52. The Bertz CT molecular complexity index is 138. The van der Waals surface area contributed by atoms with E-state index in [0.717, 1.165) is 0 Å². The zero-order valence-corrected chi connectivity index (χ0v) is 10.6. The van der Waals surface area contributed by atoms with Crippen LogP contribution in [-0.4, -0.2) is 12.2 Å². The summed E-state index contributed by atoms with van der Waals surface area (Å²) >= 11 is 0. The second-order valence-electron chi connectivity index (χ2n) is 5.06. The number of hydrogen-bond donors (Lipinski definition) is 0. The fourth-order valence-electron chi connectivity index (χ4n) is 2.46. The maximum Gasteiger partial charge on any atom is 0.0578 e. The molecular weight excluding hydrogens is 184 g/mol. The van der Waals surface area contributed by atoms with Crippen LogP contribution in [0.25, 0.3) is 0 Å². The van der Waals surface area contributed by atoms with Crippen LogP contribution < -0.4 is 0 Å². The standard InChI is InChI=1S/C14H28O/c1-3-4-5-7-10-13(2)15-14-11-8-6-9-12-14/h13-14H,3-12H2,1-2H3. The van der Waals surface area contributed by atoms with Gasteiger partial charge >= 0.3 is 0 Å². The van der Waals surface area contributed by atoms with Gasteiger partial charge in [0, 0.05) is 0 Å². The van der Waals surface area contributed by atoms with Crippen LogP contribution >= 0.6 is 0 Å². The Balaban J connectivity index is 1.98. The van der Waals surface area contributed by atoms with Gasteiger partial charge in [0.05, 0.1) is 12.2 Å². The molecule has 15 heavy (non-hydrogen) atoms. The van der Waals surface area contributed by atoms with Crippen molar-refractivity contribution in [1.82, 2.24) is 0 Å². The lowest BCUT2D eigenvalue weighted by atomic mass is 9.97. The van der Waals surface area contributed by atoms with E-state index >= 15 is 0 Å². The predicted molar refractivity (Wildman–Crippen MR) is 66.2 cm³/mol. The van der Waals surface area contributed by atoms with Crippen LogP contribution in [0.15, 0.2) is 0 Å². The molecule has 1 unspecified atom stereocenters. The van der Waals surface area contributed by atoms with Gasteiger partial charge in [-0.2, -0.15) is 0 Å². The zero-order chi connectivity index (χ0) is 10.9. The molecule has 1 nitrogen and oxygen atoms in total. The van der Waals surface area contributed by atoms with E-state index in [1.165, 1.54) is 64.2 Å². The Labute approximate surface area is 95.6 Å². The van der Waals surface area contributed by atoms with Crippen LogP contribution in [0.2, 0.25) is 0 Å². The molecule has 1 fully saturated rings. The molecule has 1 aliphatic carbocycles. The summed E-state index contributed by atoms with van der Waals surface area (Å²) in [4.78, 5) is 0. The van der Waals surface area contributed by atoms with Gasteiger partial charge in [0.1, 0.15) is 0 Å². The summed E-state index contributed by atoms with van der Waals surface area (Å²) in [5, 5.41) is 0. The molecule has 90 valence electrons. The van der Waals surface area contributed by atoms with Crippen molar-refractivity contribution in [2.45, 2.75) is 90.3 Å². The summed E-state index contributed by atoms with van der Waals surface area (Å²) in [5.41, 5.74) is 0. The van der Waals surface area contributed by atoms with Gasteiger partial charge in [0.25, 0.3) is 0 Å². The van der Waals surface area contributed by atoms with Crippen molar-refractivity contribution >= 4 is 0 Å². The highest BCUT2D eigenvalue weighted by atomic mass is 16.5. The van der Waals surface area contributed by atoms with Gasteiger partial charge in [0.2, 0.25) is 0 Å². The maximum absolute atomic E-state index is 6.07. The van der Waals surface area contributed by atoms with Crippen molar-refractivity contribution in [3.63, 3.8) is 0 Å². The smallest absolute Gasteiger partial charge is 0.0578 e. The lowest BCUT2D eigenvalue weighted by Crippen LogP contribution is -2.22. The molecule has 0 radical (unpaired) electrons. The summed E-state index contributed by atoms with van der Waals surface area (Å²) in [5.74, 6) is 0. The fourth-order valence-corrected chi connectivity index (χ4v) is 2.46. The molecule has 0 aliphatic heterocycles. The Morgan fingerprint density at radius 3 is 2.47 bits per heavy atom. The van der Waals surface area contributed by atoms with Crippen LogP contribution in [0.4, 0.5) is 0 Å². The van der Waals surface area contributed by atoms with Gasteiger partial charge < -0.3 is 4.74 Å². The molecule has 1 atom stereocenters. The van der Waals surface area contributed by atoms with Gasteiger partial charge in [-0.25, -0.2) is 0 Å². The first-order valence-electron chi connectivity index (χ1n) is 6.98. The molecule has 0 saturated heterocycles. The number of unbranched alkanes of at least 4 members (excludes halogenated alkanes) is 3. The minimum atomic E-state index is 0.491. The molecule has 1 heteroatoms. The van der Waals surface area contributed by atoms with E-state index in [9.17, 15) is 0 Å². The normalized spacial score (nSPS) is 20.4. The van der Waals surface area contributed by atoms with Crippen molar-refractivity contribution < 1.29 is 4.74 Å². The Hall–Kier alpha value is -0.0400. The summed E-state index contributed by atoms with van der Waals surface area (Å²) < 4.78 is 6.07. The van der Waals surface area contributed by atoms with Gasteiger partial charge in [-0.3, -0.25) is 0 Å². The van der Waals surface area contributed by atoms with Crippen LogP contribution in [-0.2, 0) is 4.74 Å². The molecule has 1 saturated carbocycles. The zero-order valence-electron chi connectivity index (χ0n) is 10.6. The average molecular weight is 212 g/mol. The van der Waals surface area contributed by atoms with Gasteiger partial charge in [-0.1, -0.05) is 51.9 Å². The SMILES string of the molecule is CCCCCCC(C)OC1CCCCC1. The third-order valence-electron chi connectivity index (χ3n) is 3.44. The van der Waals surface area contributed by atoms with Crippen molar-refractivity contribution in [1.29, 1.82) is 0 Å². The van der Waals surface area contributed by atoms with E-state index in [1.807, 2.05) is 0 Å². The predicted octanol–water partition coefficient (Wildman–Crippen LogP) is 4.69. The molecule has 0 bridgehead atoms. The second kappa shape index (κ2) is 8.15. The van der Waals surface area contributed by atoms with Gasteiger partial charge in [-0.15, -0.1) is 0 Å². The van der Waals surface area contributed by atoms with Crippen LogP contribution in [0.1, 0.15) is 78.1 Å². The molecule has 0 spiro atoms. The molecule has 0 aromatic rings. The minimum absolute atomic E-state index is 0.491. The third-order valence-corrected chi connectivity index (χ3v) is 3.44. The van der Waals surface area contributed by atoms with Crippen molar-refractivity contribution in [3.8, 4) is 0 Å². The van der Waals surface area contributed by atoms with Crippen LogP contribution in [0.5, 0.6) is 0 Å². The lowest BCUT2D eigenvalue weighted by Gasteiger charge is -2.25. The molecule has 0 heterocycles. The maximum atomic E-state index is 6.07. The fraction of sp³-hybridized carbons (Fsp3) is 1.00. The van der Waals surface area contributed by atoms with Crippen molar-refractivity contribution in [2.75, 3.05) is 0 Å². The van der Waals surface area contributed by atoms with E-state index in [-0.39, 0.29) is 0 Å². The highest BCUT2D eigenvalue weighted by molar-refractivity contribution is 4.67. The van der Waals surface area contributed by atoms with Crippen LogP contribution in [0.3, 0.4) is 0 Å². The topological polar surface area (TPSA) is 9.23 Å². The molecule has 0 amide bonds. The second-order valence-corrected chi connectivity index (χ2v) is 5.06. The summed E-state index contributed by atoms with van der Waals surface area (Å²) in [6.07, 6.45) is 14.6. The van der Waals surface area contributed by atoms with E-state index in [0.29, 0.717) is 12.2 Å². The number of rotatable bonds is 7. The van der Waals surface area contributed by atoms with E-state index in [2.05, 4.69) is 13.8 Å². The third kappa shape index (κ3) is 6.19. The van der Waals surface area contributed by atoms with E-state index in [1.54, 1.807) is 0 Å². The molecular formula is C14H28O. The largest absolute Gasteiger partial charge is 0.375 e. The first-order chi connectivity index (χ1) is 7.33. The molecule has 0 aromatic carbocycles. The van der Waals surface area contributed by atoms with E-state index < -0.39 is 0 Å². The summed E-state index contributed by atoms with van der Waals surface area (Å²) in [7, 11) is 0. The summed E-state index contributed by atoms with van der Waals surface area (Å²) in [6, 6.07) is 0. The highest BCUT2D eigenvalue weighted by Gasteiger charge is 2.16. The van der Waals surface area contributed by atoms with Crippen LogP contribution in [0, 0.1) is 0 Å². The highest BCUT2D eigenvalue weighted by Crippen LogP contribution is 2.22. The minimum Gasteiger partial charge on any atom is -0.375 e. The number of ether oxygens (including phenoxy) is 1. The first kappa shape index (κ1) is 13.0. The molecule has 0 N–H and O–H groups in total.